The van der Waals surface area contributed by atoms with E-state index >= 15 is 0 Å². The predicted molar refractivity (Wildman–Crippen MR) is 66.6 cm³/mol. The topological polar surface area (TPSA) is 53.2 Å². The van der Waals surface area contributed by atoms with Gasteiger partial charge >= 0.3 is 0 Å². The Morgan fingerprint density at radius 3 is 2.41 bits per heavy atom. The molecule has 1 aromatic carbocycles. The van der Waals surface area contributed by atoms with Gasteiger partial charge in [0, 0.05) is 0 Å². The minimum atomic E-state index is -0.457. The lowest BCUT2D eigenvalue weighted by Crippen LogP contribution is -2.13. The molecule has 1 atom stereocenters. The Balaban J connectivity index is 2.46. The molecule has 0 heterocycles. The monoisotopic (exact) mass is 233 g/mol. The average Bonchev–Trinajstić information content (AvgIpc) is 2.29. The molecule has 3 nitrogen and oxygen atoms in total. The first-order valence-electron chi connectivity index (χ1n) is 5.77. The number of ether oxygens (including phenoxy) is 1. The van der Waals surface area contributed by atoms with E-state index in [2.05, 4.69) is 6.07 Å². The van der Waals surface area contributed by atoms with Crippen LogP contribution >= 0.6 is 0 Å². The van der Waals surface area contributed by atoms with E-state index in [1.54, 1.807) is 6.92 Å². The Labute approximate surface area is 103 Å². The summed E-state index contributed by atoms with van der Waals surface area (Å²) < 4.78 is 5.55. The van der Waals surface area contributed by atoms with Crippen molar-refractivity contribution in [3.63, 3.8) is 0 Å². The highest BCUT2D eigenvalue weighted by Crippen LogP contribution is 2.21. The van der Waals surface area contributed by atoms with Gasteiger partial charge in [-0.25, -0.2) is 0 Å². The van der Waals surface area contributed by atoms with Crippen LogP contribution < -0.4 is 4.74 Å². The standard InChI is InChI=1S/C14H19NO2/c1-11(16)12-4-6-13(7-5-12)17-9-8-14(2,3)10-15/h4-7,11,16H,8-9H2,1-3H3. The summed E-state index contributed by atoms with van der Waals surface area (Å²) in [7, 11) is 0. The molecule has 17 heavy (non-hydrogen) atoms. The predicted octanol–water partition coefficient (Wildman–Crippen LogP) is 3.06. The molecule has 1 aromatic rings. The van der Waals surface area contributed by atoms with E-state index < -0.39 is 6.10 Å². The van der Waals surface area contributed by atoms with Gasteiger partial charge in [0.05, 0.1) is 24.2 Å². The number of aliphatic hydroxyl groups excluding tert-OH is 1. The normalized spacial score (nSPS) is 12.9. The lowest BCUT2D eigenvalue weighted by molar-refractivity contribution is 0.199. The third-order valence-corrected chi connectivity index (χ3v) is 2.66. The van der Waals surface area contributed by atoms with Crippen molar-refractivity contribution in [2.45, 2.75) is 33.3 Å². The fourth-order valence-corrected chi connectivity index (χ4v) is 1.32. The van der Waals surface area contributed by atoms with Crippen LogP contribution in [0.5, 0.6) is 5.75 Å². The fraction of sp³-hybridized carbons (Fsp3) is 0.500. The molecule has 0 saturated carbocycles. The molecule has 0 bridgehead atoms. The van der Waals surface area contributed by atoms with Crippen molar-refractivity contribution in [2.24, 2.45) is 5.41 Å². The van der Waals surface area contributed by atoms with Crippen molar-refractivity contribution in [3.05, 3.63) is 29.8 Å². The number of hydrogen-bond acceptors (Lipinski definition) is 3. The summed E-state index contributed by atoms with van der Waals surface area (Å²) in [5.74, 6) is 0.767. The van der Waals surface area contributed by atoms with Gasteiger partial charge in [-0.05, 0) is 44.9 Å². The van der Waals surface area contributed by atoms with Gasteiger partial charge in [0.25, 0.3) is 0 Å². The summed E-state index contributed by atoms with van der Waals surface area (Å²) in [5.41, 5.74) is 0.522. The van der Waals surface area contributed by atoms with Crippen LogP contribution in [0.3, 0.4) is 0 Å². The quantitative estimate of drug-likeness (QED) is 0.850. The van der Waals surface area contributed by atoms with Gasteiger partial charge in [0.1, 0.15) is 5.75 Å². The van der Waals surface area contributed by atoms with Gasteiger partial charge in [-0.1, -0.05) is 12.1 Å². The molecule has 0 aliphatic rings. The molecule has 0 saturated heterocycles. The van der Waals surface area contributed by atoms with Gasteiger partial charge < -0.3 is 9.84 Å². The van der Waals surface area contributed by atoms with Gasteiger partial charge in [-0.3, -0.25) is 0 Å². The molecule has 0 spiro atoms. The van der Waals surface area contributed by atoms with Crippen molar-refractivity contribution in [1.82, 2.24) is 0 Å². The van der Waals surface area contributed by atoms with Gasteiger partial charge in [-0.15, -0.1) is 0 Å². The van der Waals surface area contributed by atoms with Gasteiger partial charge in [-0.2, -0.15) is 5.26 Å². The van der Waals surface area contributed by atoms with E-state index in [0.717, 1.165) is 11.3 Å². The second kappa shape index (κ2) is 5.70. The summed E-state index contributed by atoms with van der Waals surface area (Å²) in [6.45, 7) is 6.04. The molecule has 1 rings (SSSR count). The van der Waals surface area contributed by atoms with Crippen LogP contribution in [0, 0.1) is 16.7 Å². The zero-order valence-corrected chi connectivity index (χ0v) is 10.6. The smallest absolute Gasteiger partial charge is 0.119 e. The summed E-state index contributed by atoms with van der Waals surface area (Å²) in [5, 5.41) is 18.2. The van der Waals surface area contributed by atoms with Crippen LogP contribution in [0.2, 0.25) is 0 Å². The molecule has 3 heteroatoms. The van der Waals surface area contributed by atoms with E-state index in [0.29, 0.717) is 13.0 Å². The van der Waals surface area contributed by atoms with Crippen LogP contribution in [0.15, 0.2) is 24.3 Å². The van der Waals surface area contributed by atoms with Crippen molar-refractivity contribution in [1.29, 1.82) is 5.26 Å². The van der Waals surface area contributed by atoms with Crippen molar-refractivity contribution in [3.8, 4) is 11.8 Å². The molecule has 0 fully saturated rings. The van der Waals surface area contributed by atoms with Gasteiger partial charge in [0.2, 0.25) is 0 Å². The fourth-order valence-electron chi connectivity index (χ4n) is 1.32. The second-order valence-electron chi connectivity index (χ2n) is 4.84. The summed E-state index contributed by atoms with van der Waals surface area (Å²) in [6.07, 6.45) is 0.239. The SMILES string of the molecule is CC(O)c1ccc(OCCC(C)(C)C#N)cc1. The summed E-state index contributed by atoms with van der Waals surface area (Å²) in [6, 6.07) is 9.59. The first-order valence-corrected chi connectivity index (χ1v) is 5.77. The largest absolute Gasteiger partial charge is 0.494 e. The minimum absolute atomic E-state index is 0.348. The van der Waals surface area contributed by atoms with Crippen LogP contribution in [0.4, 0.5) is 0 Å². The molecule has 0 radical (unpaired) electrons. The zero-order valence-electron chi connectivity index (χ0n) is 10.6. The first kappa shape index (κ1) is 13.5. The van der Waals surface area contributed by atoms with Crippen LogP contribution in [0.1, 0.15) is 38.9 Å². The van der Waals surface area contributed by atoms with Gasteiger partial charge in [0.15, 0.2) is 0 Å². The van der Waals surface area contributed by atoms with E-state index in [4.69, 9.17) is 10.00 Å². The van der Waals surface area contributed by atoms with E-state index in [1.807, 2.05) is 38.1 Å². The first-order chi connectivity index (χ1) is 7.94. The molecule has 1 unspecified atom stereocenters. The molecule has 92 valence electrons. The average molecular weight is 233 g/mol. The van der Waals surface area contributed by atoms with E-state index in [1.165, 1.54) is 0 Å². The highest BCUT2D eigenvalue weighted by Gasteiger charge is 2.16. The second-order valence-corrected chi connectivity index (χ2v) is 4.84. The maximum absolute atomic E-state index is 9.35. The summed E-state index contributed by atoms with van der Waals surface area (Å²) in [4.78, 5) is 0. The molecule has 0 aliphatic heterocycles. The highest BCUT2D eigenvalue weighted by atomic mass is 16.5. The molecule has 0 aromatic heterocycles. The number of nitrogens with zero attached hydrogens (tertiary/aromatic N) is 1. The Hall–Kier alpha value is -1.53. The maximum Gasteiger partial charge on any atom is 0.119 e. The maximum atomic E-state index is 9.35. The lowest BCUT2D eigenvalue weighted by atomic mass is 9.92. The lowest BCUT2D eigenvalue weighted by Gasteiger charge is -2.15. The molecular formula is C14H19NO2. The van der Waals surface area contributed by atoms with Crippen LogP contribution in [-0.2, 0) is 0 Å². The van der Waals surface area contributed by atoms with Crippen molar-refractivity contribution in [2.75, 3.05) is 6.61 Å². The Morgan fingerprint density at radius 2 is 1.94 bits per heavy atom. The van der Waals surface area contributed by atoms with E-state index in [-0.39, 0.29) is 5.41 Å². The van der Waals surface area contributed by atoms with Crippen LogP contribution in [-0.4, -0.2) is 11.7 Å². The third kappa shape index (κ3) is 4.46. The molecule has 0 aliphatic carbocycles. The number of nitriles is 1. The van der Waals surface area contributed by atoms with E-state index in [9.17, 15) is 5.11 Å². The molecular weight excluding hydrogens is 214 g/mol. The number of benzene rings is 1. The Bertz CT molecular complexity index is 388. The number of hydrogen-bond donors (Lipinski definition) is 1. The zero-order chi connectivity index (χ0) is 12.9. The Morgan fingerprint density at radius 1 is 1.35 bits per heavy atom. The minimum Gasteiger partial charge on any atom is -0.494 e. The van der Waals surface area contributed by atoms with Crippen molar-refractivity contribution < 1.29 is 9.84 Å². The Kier molecular flexibility index (Phi) is 4.53. The number of aliphatic hydroxyl groups is 1. The number of rotatable bonds is 5. The van der Waals surface area contributed by atoms with Crippen LogP contribution in [0.25, 0.3) is 0 Å². The molecule has 0 amide bonds. The highest BCUT2D eigenvalue weighted by molar-refractivity contribution is 5.28. The third-order valence-electron chi connectivity index (χ3n) is 2.66. The molecule has 1 N–H and O–H groups in total. The van der Waals surface area contributed by atoms with Crippen molar-refractivity contribution >= 4 is 0 Å². The summed E-state index contributed by atoms with van der Waals surface area (Å²) >= 11 is 0.